The van der Waals surface area contributed by atoms with Crippen molar-refractivity contribution in [3.63, 3.8) is 0 Å². The molecule has 0 aliphatic carbocycles. The van der Waals surface area contributed by atoms with E-state index in [0.29, 0.717) is 13.0 Å². The van der Waals surface area contributed by atoms with Crippen molar-refractivity contribution < 1.29 is 9.90 Å². The summed E-state index contributed by atoms with van der Waals surface area (Å²) in [4.78, 5) is 13.6. The normalized spacial score (nSPS) is 19.6. The molecule has 14 heavy (non-hydrogen) atoms. The lowest BCUT2D eigenvalue weighted by atomic mass is 9.94. The van der Waals surface area contributed by atoms with Crippen LogP contribution in [-0.2, 0) is 4.79 Å². The van der Waals surface area contributed by atoms with Gasteiger partial charge in [0, 0.05) is 31.5 Å². The monoisotopic (exact) mass is 199 g/mol. The first-order chi connectivity index (χ1) is 6.55. The largest absolute Gasteiger partial charge is 0.396 e. The summed E-state index contributed by atoms with van der Waals surface area (Å²) in [6.45, 7) is 5.66. The first-order valence-electron chi connectivity index (χ1n) is 5.44. The first kappa shape index (κ1) is 11.5. The Hall–Kier alpha value is -0.570. The minimum Gasteiger partial charge on any atom is -0.396 e. The SMILES string of the molecule is CC(C)(CO)CN1CCCCCC1=O. The van der Waals surface area contributed by atoms with E-state index in [1.807, 2.05) is 18.7 Å². The average Bonchev–Trinajstić information content (AvgIpc) is 2.32. The van der Waals surface area contributed by atoms with Crippen LogP contribution in [0.25, 0.3) is 0 Å². The number of aliphatic hydroxyl groups is 1. The van der Waals surface area contributed by atoms with Crippen LogP contribution in [0, 0.1) is 5.41 Å². The summed E-state index contributed by atoms with van der Waals surface area (Å²) in [6.07, 6.45) is 3.96. The van der Waals surface area contributed by atoms with Gasteiger partial charge in [0.05, 0.1) is 0 Å². The third-order valence-electron chi connectivity index (χ3n) is 2.72. The number of carbonyl (C=O) groups is 1. The summed E-state index contributed by atoms with van der Waals surface area (Å²) in [5.41, 5.74) is -0.167. The average molecular weight is 199 g/mol. The third kappa shape index (κ3) is 3.29. The van der Waals surface area contributed by atoms with Gasteiger partial charge < -0.3 is 10.0 Å². The Bertz CT molecular complexity index is 201. The van der Waals surface area contributed by atoms with Gasteiger partial charge in [0.25, 0.3) is 0 Å². The van der Waals surface area contributed by atoms with Crippen LogP contribution in [-0.4, -0.2) is 35.6 Å². The molecule has 1 amide bonds. The Labute approximate surface area is 86.1 Å². The van der Waals surface area contributed by atoms with Gasteiger partial charge in [0.1, 0.15) is 0 Å². The van der Waals surface area contributed by atoms with Crippen LogP contribution in [0.1, 0.15) is 39.5 Å². The topological polar surface area (TPSA) is 40.5 Å². The standard InChI is InChI=1S/C11H21NO2/c1-11(2,9-13)8-12-7-5-3-4-6-10(12)14/h13H,3-9H2,1-2H3. The van der Waals surface area contributed by atoms with E-state index in [1.165, 1.54) is 0 Å². The van der Waals surface area contributed by atoms with Crippen LogP contribution in [0.2, 0.25) is 0 Å². The van der Waals surface area contributed by atoms with E-state index in [0.717, 1.165) is 25.8 Å². The van der Waals surface area contributed by atoms with Gasteiger partial charge in [-0.3, -0.25) is 4.79 Å². The Kier molecular flexibility index (Phi) is 3.93. The Morgan fingerprint density at radius 3 is 2.71 bits per heavy atom. The van der Waals surface area contributed by atoms with E-state index in [1.54, 1.807) is 0 Å². The highest BCUT2D eigenvalue weighted by Gasteiger charge is 2.24. The van der Waals surface area contributed by atoms with Crippen molar-refractivity contribution in [3.8, 4) is 0 Å². The molecule has 1 aliphatic rings. The van der Waals surface area contributed by atoms with Crippen molar-refractivity contribution in [3.05, 3.63) is 0 Å². The van der Waals surface area contributed by atoms with Crippen molar-refractivity contribution in [2.75, 3.05) is 19.7 Å². The molecule has 1 N–H and O–H groups in total. The Morgan fingerprint density at radius 2 is 2.07 bits per heavy atom. The molecule has 1 aliphatic heterocycles. The molecule has 1 saturated heterocycles. The quantitative estimate of drug-likeness (QED) is 0.746. The van der Waals surface area contributed by atoms with Crippen LogP contribution >= 0.6 is 0 Å². The zero-order valence-electron chi connectivity index (χ0n) is 9.25. The number of aliphatic hydroxyl groups excluding tert-OH is 1. The highest BCUT2D eigenvalue weighted by Crippen LogP contribution is 2.19. The molecule has 3 heteroatoms. The van der Waals surface area contributed by atoms with Gasteiger partial charge in [-0.05, 0) is 12.8 Å². The zero-order valence-corrected chi connectivity index (χ0v) is 9.25. The van der Waals surface area contributed by atoms with Crippen molar-refractivity contribution in [1.29, 1.82) is 0 Å². The van der Waals surface area contributed by atoms with E-state index >= 15 is 0 Å². The van der Waals surface area contributed by atoms with E-state index in [4.69, 9.17) is 5.11 Å². The molecule has 0 aromatic carbocycles. The van der Waals surface area contributed by atoms with Crippen molar-refractivity contribution in [2.45, 2.75) is 39.5 Å². The number of hydrogen-bond acceptors (Lipinski definition) is 2. The molecule has 82 valence electrons. The molecule has 0 spiro atoms. The molecular formula is C11H21NO2. The third-order valence-corrected chi connectivity index (χ3v) is 2.72. The van der Waals surface area contributed by atoms with Gasteiger partial charge in [-0.15, -0.1) is 0 Å². The van der Waals surface area contributed by atoms with Gasteiger partial charge in [0.15, 0.2) is 0 Å². The first-order valence-corrected chi connectivity index (χ1v) is 5.44. The Morgan fingerprint density at radius 1 is 1.36 bits per heavy atom. The second-order valence-corrected chi connectivity index (χ2v) is 4.95. The smallest absolute Gasteiger partial charge is 0.222 e. The van der Waals surface area contributed by atoms with Crippen LogP contribution in [0.5, 0.6) is 0 Å². The lowest BCUT2D eigenvalue weighted by Gasteiger charge is -2.30. The summed E-state index contributed by atoms with van der Waals surface area (Å²) in [6, 6.07) is 0. The summed E-state index contributed by atoms with van der Waals surface area (Å²) in [5, 5.41) is 9.14. The summed E-state index contributed by atoms with van der Waals surface area (Å²) in [5.74, 6) is 0.254. The van der Waals surface area contributed by atoms with Gasteiger partial charge >= 0.3 is 0 Å². The predicted octanol–water partition coefficient (Wildman–Crippen LogP) is 1.41. The van der Waals surface area contributed by atoms with Crippen LogP contribution in [0.15, 0.2) is 0 Å². The summed E-state index contributed by atoms with van der Waals surface area (Å²) < 4.78 is 0. The van der Waals surface area contributed by atoms with Crippen molar-refractivity contribution in [2.24, 2.45) is 5.41 Å². The molecule has 0 radical (unpaired) electrons. The molecule has 0 atom stereocenters. The van der Waals surface area contributed by atoms with Gasteiger partial charge in [-0.2, -0.15) is 0 Å². The van der Waals surface area contributed by atoms with E-state index < -0.39 is 0 Å². The maximum atomic E-state index is 11.7. The predicted molar refractivity (Wildman–Crippen MR) is 55.9 cm³/mol. The Balaban J connectivity index is 2.52. The number of amides is 1. The number of rotatable bonds is 3. The second kappa shape index (κ2) is 4.78. The van der Waals surface area contributed by atoms with Crippen LogP contribution in [0.3, 0.4) is 0 Å². The minimum atomic E-state index is -0.167. The summed E-state index contributed by atoms with van der Waals surface area (Å²) in [7, 11) is 0. The fourth-order valence-electron chi connectivity index (χ4n) is 1.77. The lowest BCUT2D eigenvalue weighted by Crippen LogP contribution is -2.40. The van der Waals surface area contributed by atoms with Crippen molar-refractivity contribution >= 4 is 5.91 Å². The van der Waals surface area contributed by atoms with Crippen molar-refractivity contribution in [1.82, 2.24) is 4.90 Å². The maximum Gasteiger partial charge on any atom is 0.222 e. The molecule has 0 aromatic rings. The molecule has 1 fully saturated rings. The molecular weight excluding hydrogens is 178 g/mol. The minimum absolute atomic E-state index is 0.136. The molecule has 0 unspecified atom stereocenters. The lowest BCUT2D eigenvalue weighted by molar-refractivity contribution is -0.132. The molecule has 0 saturated carbocycles. The van der Waals surface area contributed by atoms with Crippen LogP contribution in [0.4, 0.5) is 0 Å². The number of hydrogen-bond donors (Lipinski definition) is 1. The number of nitrogens with zero attached hydrogens (tertiary/aromatic N) is 1. The highest BCUT2D eigenvalue weighted by molar-refractivity contribution is 5.76. The fourth-order valence-corrected chi connectivity index (χ4v) is 1.77. The fraction of sp³-hybridized carbons (Fsp3) is 0.909. The van der Waals surface area contributed by atoms with E-state index in [2.05, 4.69) is 0 Å². The molecule has 0 bridgehead atoms. The van der Waals surface area contributed by atoms with Gasteiger partial charge in [-0.25, -0.2) is 0 Å². The van der Waals surface area contributed by atoms with Crippen LogP contribution < -0.4 is 0 Å². The molecule has 1 rings (SSSR count). The van der Waals surface area contributed by atoms with E-state index in [-0.39, 0.29) is 17.9 Å². The summed E-state index contributed by atoms with van der Waals surface area (Å²) >= 11 is 0. The second-order valence-electron chi connectivity index (χ2n) is 4.95. The molecule has 1 heterocycles. The molecule has 3 nitrogen and oxygen atoms in total. The zero-order chi connectivity index (χ0) is 10.6. The molecule has 0 aromatic heterocycles. The highest BCUT2D eigenvalue weighted by atomic mass is 16.3. The maximum absolute atomic E-state index is 11.7. The van der Waals surface area contributed by atoms with Gasteiger partial charge in [-0.1, -0.05) is 20.3 Å². The van der Waals surface area contributed by atoms with Gasteiger partial charge in [0.2, 0.25) is 5.91 Å². The van der Waals surface area contributed by atoms with E-state index in [9.17, 15) is 4.79 Å². The number of carbonyl (C=O) groups excluding carboxylic acids is 1. The number of likely N-dealkylation sites (tertiary alicyclic amines) is 1.